The van der Waals surface area contributed by atoms with Crippen LogP contribution in [0.15, 0.2) is 18.2 Å². The van der Waals surface area contributed by atoms with E-state index in [1.54, 1.807) is 18.2 Å². The molecule has 0 fully saturated rings. The van der Waals surface area contributed by atoms with Crippen LogP contribution in [0.3, 0.4) is 0 Å². The van der Waals surface area contributed by atoms with Crippen molar-refractivity contribution in [3.8, 4) is 5.75 Å². The van der Waals surface area contributed by atoms with Gasteiger partial charge in [-0.2, -0.15) is 0 Å². The summed E-state index contributed by atoms with van der Waals surface area (Å²) in [6, 6.07) is 5.03. The standard InChI is InChI=1S/C10H10ClNO3/c11-6-1-2-9-8(3-6)12-7(5-15-9)4-10(13)14/h1-3,7,12H,4-5H2,(H,13,14)/t7-/m1/s1. The van der Waals surface area contributed by atoms with Crippen molar-refractivity contribution in [3.05, 3.63) is 23.2 Å². The van der Waals surface area contributed by atoms with Crippen LogP contribution in [-0.2, 0) is 4.79 Å². The van der Waals surface area contributed by atoms with E-state index >= 15 is 0 Å². The summed E-state index contributed by atoms with van der Waals surface area (Å²) in [6.07, 6.45) is 0.0337. The van der Waals surface area contributed by atoms with E-state index in [1.807, 2.05) is 0 Å². The molecule has 1 aliphatic heterocycles. The Balaban J connectivity index is 2.14. The number of carbonyl (C=O) groups is 1. The molecule has 1 atom stereocenters. The molecular weight excluding hydrogens is 218 g/mol. The topological polar surface area (TPSA) is 58.6 Å². The van der Waals surface area contributed by atoms with Crippen molar-refractivity contribution in [2.45, 2.75) is 12.5 Å². The quantitative estimate of drug-likeness (QED) is 0.811. The van der Waals surface area contributed by atoms with Crippen LogP contribution in [0.2, 0.25) is 5.02 Å². The third-order valence-corrected chi connectivity index (χ3v) is 2.40. The van der Waals surface area contributed by atoms with Crippen molar-refractivity contribution in [1.82, 2.24) is 0 Å². The van der Waals surface area contributed by atoms with Crippen LogP contribution in [0.5, 0.6) is 5.75 Å². The van der Waals surface area contributed by atoms with E-state index < -0.39 is 5.97 Å². The van der Waals surface area contributed by atoms with Crippen molar-refractivity contribution in [2.75, 3.05) is 11.9 Å². The van der Waals surface area contributed by atoms with Gasteiger partial charge in [0.25, 0.3) is 0 Å². The van der Waals surface area contributed by atoms with E-state index in [0.717, 1.165) is 5.69 Å². The Morgan fingerprint density at radius 1 is 1.67 bits per heavy atom. The highest BCUT2D eigenvalue weighted by Gasteiger charge is 2.20. The molecule has 1 aliphatic rings. The Kier molecular flexibility index (Phi) is 2.68. The van der Waals surface area contributed by atoms with Gasteiger partial charge in [-0.3, -0.25) is 4.79 Å². The Labute approximate surface area is 91.8 Å². The molecule has 80 valence electrons. The predicted molar refractivity (Wildman–Crippen MR) is 56.6 cm³/mol. The van der Waals surface area contributed by atoms with E-state index in [1.165, 1.54) is 0 Å². The first-order valence-electron chi connectivity index (χ1n) is 4.56. The number of carboxylic acid groups (broad SMARTS) is 1. The first-order chi connectivity index (χ1) is 7.15. The lowest BCUT2D eigenvalue weighted by Crippen LogP contribution is -2.33. The highest BCUT2D eigenvalue weighted by molar-refractivity contribution is 6.30. The summed E-state index contributed by atoms with van der Waals surface area (Å²) in [6.45, 7) is 0.362. The molecule has 0 unspecified atom stereocenters. The Morgan fingerprint density at radius 3 is 3.20 bits per heavy atom. The fourth-order valence-corrected chi connectivity index (χ4v) is 1.69. The number of nitrogens with one attached hydrogen (secondary N) is 1. The molecule has 0 radical (unpaired) electrons. The van der Waals surface area contributed by atoms with Crippen molar-refractivity contribution >= 4 is 23.3 Å². The summed E-state index contributed by atoms with van der Waals surface area (Å²) in [4.78, 5) is 10.5. The third kappa shape index (κ3) is 2.33. The second-order valence-electron chi connectivity index (χ2n) is 3.39. The minimum Gasteiger partial charge on any atom is -0.489 e. The summed E-state index contributed by atoms with van der Waals surface area (Å²) in [5.74, 6) is -0.136. The van der Waals surface area contributed by atoms with Gasteiger partial charge in [-0.1, -0.05) is 11.6 Å². The lowest BCUT2D eigenvalue weighted by Gasteiger charge is -2.26. The van der Waals surface area contributed by atoms with Crippen molar-refractivity contribution < 1.29 is 14.6 Å². The Morgan fingerprint density at radius 2 is 2.47 bits per heavy atom. The van der Waals surface area contributed by atoms with Gasteiger partial charge in [0, 0.05) is 5.02 Å². The SMILES string of the molecule is O=C(O)C[C@@H]1COc2ccc(Cl)cc2N1. The van der Waals surface area contributed by atoms with Gasteiger partial charge in [0.2, 0.25) is 0 Å². The number of ether oxygens (including phenoxy) is 1. The molecule has 0 amide bonds. The van der Waals surface area contributed by atoms with E-state index in [0.29, 0.717) is 17.4 Å². The molecule has 5 heteroatoms. The second kappa shape index (κ2) is 3.98. The molecule has 0 saturated carbocycles. The molecule has 0 aromatic heterocycles. The summed E-state index contributed by atoms with van der Waals surface area (Å²) < 4.78 is 5.41. The normalized spacial score (nSPS) is 18.6. The van der Waals surface area contributed by atoms with Crippen LogP contribution in [0.25, 0.3) is 0 Å². The zero-order valence-electron chi connectivity index (χ0n) is 7.87. The maximum atomic E-state index is 10.5. The van der Waals surface area contributed by atoms with E-state index in [9.17, 15) is 4.79 Å². The van der Waals surface area contributed by atoms with E-state index in [2.05, 4.69) is 5.32 Å². The third-order valence-electron chi connectivity index (χ3n) is 2.16. The number of benzene rings is 1. The monoisotopic (exact) mass is 227 g/mol. The number of anilines is 1. The van der Waals surface area contributed by atoms with Gasteiger partial charge >= 0.3 is 5.97 Å². The fraction of sp³-hybridized carbons (Fsp3) is 0.300. The zero-order chi connectivity index (χ0) is 10.8. The Hall–Kier alpha value is -1.42. The highest BCUT2D eigenvalue weighted by Crippen LogP contribution is 2.31. The minimum atomic E-state index is -0.846. The van der Waals surface area contributed by atoms with Crippen molar-refractivity contribution in [1.29, 1.82) is 0 Å². The minimum absolute atomic E-state index is 0.0337. The van der Waals surface area contributed by atoms with Crippen LogP contribution in [0.4, 0.5) is 5.69 Å². The molecule has 4 nitrogen and oxygen atoms in total. The van der Waals surface area contributed by atoms with Crippen LogP contribution in [0, 0.1) is 0 Å². The highest BCUT2D eigenvalue weighted by atomic mass is 35.5. The average Bonchev–Trinajstić information content (AvgIpc) is 2.16. The van der Waals surface area contributed by atoms with Gasteiger partial charge in [-0.05, 0) is 18.2 Å². The van der Waals surface area contributed by atoms with Gasteiger partial charge in [-0.15, -0.1) is 0 Å². The van der Waals surface area contributed by atoms with Crippen LogP contribution >= 0.6 is 11.6 Å². The first-order valence-corrected chi connectivity index (χ1v) is 4.93. The summed E-state index contributed by atoms with van der Waals surface area (Å²) in [5.41, 5.74) is 0.750. The van der Waals surface area contributed by atoms with E-state index in [4.69, 9.17) is 21.4 Å². The first kappa shape index (κ1) is 10.1. The Bertz CT molecular complexity index is 394. The number of carboxylic acids is 1. The lowest BCUT2D eigenvalue weighted by atomic mass is 10.1. The fourth-order valence-electron chi connectivity index (χ4n) is 1.51. The number of hydrogen-bond donors (Lipinski definition) is 2. The molecule has 0 aliphatic carbocycles. The predicted octanol–water partition coefficient (Wildman–Crippen LogP) is 1.99. The van der Waals surface area contributed by atoms with Crippen LogP contribution in [-0.4, -0.2) is 23.7 Å². The maximum Gasteiger partial charge on any atom is 0.305 e. The summed E-state index contributed by atoms with van der Waals surface area (Å²) in [5, 5.41) is 12.3. The summed E-state index contributed by atoms with van der Waals surface area (Å²) in [7, 11) is 0. The lowest BCUT2D eigenvalue weighted by molar-refractivity contribution is -0.137. The van der Waals surface area contributed by atoms with Crippen LogP contribution < -0.4 is 10.1 Å². The van der Waals surface area contributed by atoms with Gasteiger partial charge in [-0.25, -0.2) is 0 Å². The maximum absolute atomic E-state index is 10.5. The molecular formula is C10H10ClNO3. The molecule has 1 aromatic carbocycles. The molecule has 0 bridgehead atoms. The molecule has 1 aromatic rings. The molecule has 0 saturated heterocycles. The molecule has 15 heavy (non-hydrogen) atoms. The van der Waals surface area contributed by atoms with Crippen LogP contribution in [0.1, 0.15) is 6.42 Å². The molecule has 1 heterocycles. The molecule has 0 spiro atoms. The number of aliphatic carboxylic acids is 1. The number of hydrogen-bond acceptors (Lipinski definition) is 3. The average molecular weight is 228 g/mol. The van der Waals surface area contributed by atoms with E-state index in [-0.39, 0.29) is 12.5 Å². The van der Waals surface area contributed by atoms with Crippen molar-refractivity contribution in [3.63, 3.8) is 0 Å². The molecule has 2 N–H and O–H groups in total. The van der Waals surface area contributed by atoms with Crippen molar-refractivity contribution in [2.24, 2.45) is 0 Å². The smallest absolute Gasteiger partial charge is 0.305 e. The zero-order valence-corrected chi connectivity index (χ0v) is 8.62. The van der Waals surface area contributed by atoms with Gasteiger partial charge in [0.15, 0.2) is 0 Å². The van der Waals surface area contributed by atoms with Gasteiger partial charge in [0.1, 0.15) is 12.4 Å². The number of rotatable bonds is 2. The molecule has 2 rings (SSSR count). The number of fused-ring (bicyclic) bond motifs is 1. The second-order valence-corrected chi connectivity index (χ2v) is 3.83. The van der Waals surface area contributed by atoms with Gasteiger partial charge in [0.05, 0.1) is 18.2 Å². The van der Waals surface area contributed by atoms with Gasteiger partial charge < -0.3 is 15.2 Å². The number of halogens is 1. The largest absolute Gasteiger partial charge is 0.489 e. The summed E-state index contributed by atoms with van der Waals surface area (Å²) >= 11 is 5.82.